The van der Waals surface area contributed by atoms with Gasteiger partial charge in [-0.3, -0.25) is 0 Å². The van der Waals surface area contributed by atoms with E-state index in [1.54, 1.807) is 6.07 Å². The predicted molar refractivity (Wildman–Crippen MR) is 69.2 cm³/mol. The van der Waals surface area contributed by atoms with E-state index in [0.717, 1.165) is 12.8 Å². The molecule has 0 radical (unpaired) electrons. The van der Waals surface area contributed by atoms with Gasteiger partial charge in [-0.15, -0.1) is 0 Å². The Morgan fingerprint density at radius 1 is 1.58 bits per heavy atom. The van der Waals surface area contributed by atoms with Gasteiger partial charge in [-0.05, 0) is 25.0 Å². The van der Waals surface area contributed by atoms with E-state index in [1.807, 2.05) is 6.07 Å². The molecule has 1 aromatic heterocycles. The number of sulfonamides is 1. The third kappa shape index (κ3) is 2.84. The van der Waals surface area contributed by atoms with E-state index >= 15 is 0 Å². The highest BCUT2D eigenvalue weighted by Crippen LogP contribution is 2.33. The lowest BCUT2D eigenvalue weighted by Crippen LogP contribution is -2.34. The van der Waals surface area contributed by atoms with Crippen molar-refractivity contribution in [3.05, 3.63) is 18.3 Å². The summed E-state index contributed by atoms with van der Waals surface area (Å²) in [4.78, 5) is 3.94. The molecule has 1 fully saturated rings. The van der Waals surface area contributed by atoms with Gasteiger partial charge in [0.25, 0.3) is 0 Å². The maximum atomic E-state index is 12.6. The minimum Gasteiger partial charge on any atom is -0.307 e. The molecule has 0 unspecified atom stereocenters. The van der Waals surface area contributed by atoms with Gasteiger partial charge in [-0.25, -0.2) is 19.2 Å². The Kier molecular flexibility index (Phi) is 3.99. The van der Waals surface area contributed by atoms with E-state index < -0.39 is 10.0 Å². The number of anilines is 1. The summed E-state index contributed by atoms with van der Waals surface area (Å²) in [5.74, 6) is 5.41. The number of rotatable bonds is 6. The Balaban J connectivity index is 2.36. The van der Waals surface area contributed by atoms with Crippen molar-refractivity contribution in [3.63, 3.8) is 0 Å². The first kappa shape index (κ1) is 13.7. The Hall–Kier alpha value is -1.69. The van der Waals surface area contributed by atoms with Crippen LogP contribution in [-0.2, 0) is 10.0 Å². The molecule has 8 heteroatoms. The molecule has 0 aliphatic heterocycles. The number of nitrogens with two attached hydrogens (primary N) is 1. The summed E-state index contributed by atoms with van der Waals surface area (Å²) >= 11 is 0. The van der Waals surface area contributed by atoms with E-state index in [4.69, 9.17) is 11.1 Å². The van der Waals surface area contributed by atoms with Crippen molar-refractivity contribution in [2.75, 3.05) is 12.0 Å². The normalized spacial score (nSPS) is 15.2. The molecule has 1 aliphatic rings. The Morgan fingerprint density at radius 3 is 2.89 bits per heavy atom. The van der Waals surface area contributed by atoms with Crippen LogP contribution in [0, 0.1) is 11.3 Å². The van der Waals surface area contributed by atoms with Gasteiger partial charge in [0.15, 0.2) is 5.82 Å². The number of hydrazine groups is 1. The average Bonchev–Trinajstić information content (AvgIpc) is 3.23. The van der Waals surface area contributed by atoms with E-state index in [-0.39, 0.29) is 29.7 Å². The molecule has 0 aromatic carbocycles. The maximum Gasteiger partial charge on any atom is 0.247 e. The molecule has 0 bridgehead atoms. The Bertz CT molecular complexity index is 591. The fourth-order valence-electron chi connectivity index (χ4n) is 1.86. The lowest BCUT2D eigenvalue weighted by Gasteiger charge is -2.21. The topological polar surface area (TPSA) is 112 Å². The van der Waals surface area contributed by atoms with Gasteiger partial charge in [0.1, 0.15) is 4.90 Å². The zero-order valence-electron chi connectivity index (χ0n) is 10.3. The smallest absolute Gasteiger partial charge is 0.247 e. The van der Waals surface area contributed by atoms with Crippen molar-refractivity contribution in [3.8, 4) is 6.07 Å². The molecule has 3 N–H and O–H groups in total. The highest BCUT2D eigenvalue weighted by molar-refractivity contribution is 7.89. The first-order valence-corrected chi connectivity index (χ1v) is 7.35. The van der Waals surface area contributed by atoms with Crippen molar-refractivity contribution < 1.29 is 8.42 Å². The maximum absolute atomic E-state index is 12.6. The zero-order chi connectivity index (χ0) is 13.9. The van der Waals surface area contributed by atoms with Crippen molar-refractivity contribution >= 4 is 15.8 Å². The first-order chi connectivity index (χ1) is 9.11. The fourth-order valence-corrected chi connectivity index (χ4v) is 3.65. The molecule has 0 spiro atoms. The number of nitrogens with zero attached hydrogens (tertiary/aromatic N) is 3. The molecular weight excluding hydrogens is 266 g/mol. The van der Waals surface area contributed by atoms with Crippen LogP contribution in [0.2, 0.25) is 0 Å². The molecule has 0 amide bonds. The molecule has 102 valence electrons. The molecule has 1 saturated carbocycles. The predicted octanol–water partition coefficient (Wildman–Crippen LogP) is 0.434. The standard InChI is InChI=1S/C11H15N5O2S/c12-6-2-8-16(9-4-5-9)19(17,18)10-3-1-7-14-11(10)15-13/h1,3,7,9H,2,4-5,8,13H2,(H,14,15). The summed E-state index contributed by atoms with van der Waals surface area (Å²) in [6.07, 6.45) is 3.29. The molecule has 0 saturated heterocycles. The summed E-state index contributed by atoms with van der Waals surface area (Å²) in [5, 5.41) is 8.64. The monoisotopic (exact) mass is 281 g/mol. The van der Waals surface area contributed by atoms with Crippen LogP contribution < -0.4 is 11.3 Å². The molecule has 1 heterocycles. The SMILES string of the molecule is N#CCCN(C1CC1)S(=O)(=O)c1cccnc1NN. The first-order valence-electron chi connectivity index (χ1n) is 5.91. The highest BCUT2D eigenvalue weighted by Gasteiger charge is 2.38. The van der Waals surface area contributed by atoms with Gasteiger partial charge >= 0.3 is 0 Å². The van der Waals surface area contributed by atoms with Crippen LogP contribution in [0.25, 0.3) is 0 Å². The van der Waals surface area contributed by atoms with Crippen molar-refractivity contribution in [2.24, 2.45) is 5.84 Å². The summed E-state index contributed by atoms with van der Waals surface area (Å²) < 4.78 is 26.5. The third-order valence-electron chi connectivity index (χ3n) is 2.89. The van der Waals surface area contributed by atoms with E-state index in [9.17, 15) is 8.42 Å². The van der Waals surface area contributed by atoms with Gasteiger partial charge in [0, 0.05) is 25.2 Å². The summed E-state index contributed by atoms with van der Waals surface area (Å²) in [7, 11) is -3.68. The number of pyridine rings is 1. The molecule has 2 rings (SSSR count). The summed E-state index contributed by atoms with van der Waals surface area (Å²) in [6, 6.07) is 4.96. The highest BCUT2D eigenvalue weighted by atomic mass is 32.2. The van der Waals surface area contributed by atoms with Crippen LogP contribution in [0.5, 0.6) is 0 Å². The average molecular weight is 281 g/mol. The fraction of sp³-hybridized carbons (Fsp3) is 0.455. The molecule has 1 aromatic rings. The summed E-state index contributed by atoms with van der Waals surface area (Å²) in [6.45, 7) is 0.197. The number of aromatic nitrogens is 1. The molecule has 0 atom stereocenters. The molecule has 1 aliphatic carbocycles. The van der Waals surface area contributed by atoms with E-state index in [0.29, 0.717) is 0 Å². The van der Waals surface area contributed by atoms with Crippen LogP contribution in [0.15, 0.2) is 23.2 Å². The van der Waals surface area contributed by atoms with Crippen LogP contribution in [0.3, 0.4) is 0 Å². The number of hydrogen-bond acceptors (Lipinski definition) is 6. The van der Waals surface area contributed by atoms with Gasteiger partial charge in [-0.1, -0.05) is 0 Å². The number of nitrogens with one attached hydrogen (secondary N) is 1. The third-order valence-corrected chi connectivity index (χ3v) is 4.88. The molecular formula is C11H15N5O2S. The van der Waals surface area contributed by atoms with Crippen molar-refractivity contribution in [1.29, 1.82) is 5.26 Å². The number of nitriles is 1. The number of hydrogen-bond donors (Lipinski definition) is 2. The zero-order valence-corrected chi connectivity index (χ0v) is 11.1. The second-order valence-corrected chi connectivity index (χ2v) is 6.11. The van der Waals surface area contributed by atoms with Crippen LogP contribution in [-0.4, -0.2) is 30.3 Å². The van der Waals surface area contributed by atoms with Gasteiger partial charge in [0.05, 0.1) is 6.07 Å². The molecule has 19 heavy (non-hydrogen) atoms. The van der Waals surface area contributed by atoms with Gasteiger partial charge < -0.3 is 5.43 Å². The van der Waals surface area contributed by atoms with Crippen LogP contribution in [0.1, 0.15) is 19.3 Å². The second kappa shape index (κ2) is 5.52. The largest absolute Gasteiger partial charge is 0.307 e. The van der Waals surface area contributed by atoms with Crippen LogP contribution in [0.4, 0.5) is 5.82 Å². The lowest BCUT2D eigenvalue weighted by molar-refractivity contribution is 0.411. The summed E-state index contributed by atoms with van der Waals surface area (Å²) in [5.41, 5.74) is 2.29. The van der Waals surface area contributed by atoms with Gasteiger partial charge in [0.2, 0.25) is 10.0 Å². The molecule has 7 nitrogen and oxygen atoms in total. The quantitative estimate of drug-likeness (QED) is 0.577. The van der Waals surface area contributed by atoms with Gasteiger partial charge in [-0.2, -0.15) is 9.57 Å². The number of nitrogen functional groups attached to an aromatic ring is 1. The van der Waals surface area contributed by atoms with Crippen molar-refractivity contribution in [1.82, 2.24) is 9.29 Å². The van der Waals surface area contributed by atoms with E-state index in [2.05, 4.69) is 10.4 Å². The minimum atomic E-state index is -3.68. The lowest BCUT2D eigenvalue weighted by atomic mass is 10.4. The Labute approximate surface area is 112 Å². The van der Waals surface area contributed by atoms with Crippen molar-refractivity contribution in [2.45, 2.75) is 30.2 Å². The minimum absolute atomic E-state index is 0.0100. The van der Waals surface area contributed by atoms with E-state index in [1.165, 1.54) is 16.6 Å². The van der Waals surface area contributed by atoms with Crippen LogP contribution >= 0.6 is 0 Å². The second-order valence-electron chi connectivity index (χ2n) is 4.25. The Morgan fingerprint density at radius 2 is 2.32 bits per heavy atom.